The lowest BCUT2D eigenvalue weighted by atomic mass is 9.77. The molecule has 2 aliphatic heterocycles. The lowest BCUT2D eigenvalue weighted by molar-refractivity contribution is -0.139. The zero-order chi connectivity index (χ0) is 25.0. The third-order valence-corrected chi connectivity index (χ3v) is 8.68. The number of nitrogens with one attached hydrogen (secondary N) is 1. The largest absolute Gasteiger partial charge is 0.497 e. The lowest BCUT2D eigenvalue weighted by Gasteiger charge is -2.38. The number of piperidine rings is 1. The Morgan fingerprint density at radius 3 is 2.32 bits per heavy atom. The summed E-state index contributed by atoms with van der Waals surface area (Å²) in [6, 6.07) is 18.4. The van der Waals surface area contributed by atoms with Gasteiger partial charge in [-0.1, -0.05) is 48.9 Å². The van der Waals surface area contributed by atoms with Crippen molar-refractivity contribution in [2.45, 2.75) is 57.5 Å². The molecule has 7 heteroatoms. The van der Waals surface area contributed by atoms with Gasteiger partial charge in [0.2, 0.25) is 11.8 Å². The van der Waals surface area contributed by atoms with Gasteiger partial charge in [0.05, 0.1) is 18.6 Å². The molecule has 5 rings (SSSR count). The Bertz CT molecular complexity index is 1030. The summed E-state index contributed by atoms with van der Waals surface area (Å²) < 4.78 is 5.25. The number of methoxy groups -OCH3 is 1. The molecule has 2 saturated heterocycles. The first-order chi connectivity index (χ1) is 17.6. The smallest absolute Gasteiger partial charge is 0.229 e. The van der Waals surface area contributed by atoms with Crippen molar-refractivity contribution in [3.63, 3.8) is 0 Å². The molecule has 2 aromatic carbocycles. The van der Waals surface area contributed by atoms with Gasteiger partial charge in [-0.25, -0.2) is 0 Å². The summed E-state index contributed by atoms with van der Waals surface area (Å²) in [5.74, 6) is 1.57. The van der Waals surface area contributed by atoms with E-state index < -0.39 is 0 Å². The van der Waals surface area contributed by atoms with Crippen LogP contribution >= 0.6 is 12.4 Å². The minimum absolute atomic E-state index is 0. The molecule has 2 amide bonds. The van der Waals surface area contributed by atoms with Gasteiger partial charge in [-0.3, -0.25) is 9.59 Å². The van der Waals surface area contributed by atoms with E-state index in [1.165, 1.54) is 12.0 Å². The van der Waals surface area contributed by atoms with Crippen molar-refractivity contribution in [3.8, 4) is 5.75 Å². The molecule has 200 valence electrons. The molecule has 3 fully saturated rings. The molecule has 1 spiro atoms. The van der Waals surface area contributed by atoms with Crippen LogP contribution in [0.25, 0.3) is 0 Å². The first-order valence-electron chi connectivity index (χ1n) is 13.6. The molecule has 2 heterocycles. The molecule has 1 atom stereocenters. The second-order valence-electron chi connectivity index (χ2n) is 10.8. The van der Waals surface area contributed by atoms with Gasteiger partial charge >= 0.3 is 0 Å². The summed E-state index contributed by atoms with van der Waals surface area (Å²) in [6.45, 7) is 4.34. The number of ether oxygens (including phenoxy) is 1. The SMILES string of the molecule is COc1ccc(CN2CCC3(CCN(CCC(NC(=O)C4CCC4)c4ccccc4)CC3)C2=O)cc1.Cl. The Hall–Kier alpha value is -2.57. The number of amides is 2. The van der Waals surface area contributed by atoms with Crippen LogP contribution < -0.4 is 10.1 Å². The van der Waals surface area contributed by atoms with Crippen LogP contribution in [-0.2, 0) is 16.1 Å². The molecule has 0 aromatic heterocycles. The number of halogens is 1. The molecule has 1 unspecified atom stereocenters. The van der Waals surface area contributed by atoms with Crippen molar-refractivity contribution in [2.75, 3.05) is 33.3 Å². The van der Waals surface area contributed by atoms with Crippen LogP contribution in [0.4, 0.5) is 0 Å². The van der Waals surface area contributed by atoms with Gasteiger partial charge in [0.15, 0.2) is 0 Å². The quantitative estimate of drug-likeness (QED) is 0.501. The van der Waals surface area contributed by atoms with Crippen molar-refractivity contribution >= 4 is 24.2 Å². The Balaban J connectivity index is 0.00000320. The Labute approximate surface area is 227 Å². The first kappa shape index (κ1) is 27.5. The number of nitrogens with zero attached hydrogens (tertiary/aromatic N) is 2. The van der Waals surface area contributed by atoms with Gasteiger partial charge in [0, 0.05) is 25.6 Å². The molecule has 37 heavy (non-hydrogen) atoms. The number of hydrogen-bond donors (Lipinski definition) is 1. The Morgan fingerprint density at radius 1 is 1.03 bits per heavy atom. The van der Waals surface area contributed by atoms with E-state index in [1.807, 2.05) is 47.4 Å². The van der Waals surface area contributed by atoms with Crippen molar-refractivity contribution in [2.24, 2.45) is 11.3 Å². The highest BCUT2D eigenvalue weighted by Gasteiger charge is 2.47. The van der Waals surface area contributed by atoms with E-state index in [4.69, 9.17) is 4.74 Å². The van der Waals surface area contributed by atoms with Gasteiger partial charge in [-0.2, -0.15) is 0 Å². The Morgan fingerprint density at radius 2 is 1.70 bits per heavy atom. The summed E-state index contributed by atoms with van der Waals surface area (Å²) in [7, 11) is 1.67. The molecule has 0 bridgehead atoms. The highest BCUT2D eigenvalue weighted by Crippen LogP contribution is 2.42. The second kappa shape index (κ2) is 12.3. The summed E-state index contributed by atoms with van der Waals surface area (Å²) in [6.07, 6.45) is 6.91. The monoisotopic (exact) mass is 525 g/mol. The normalized spacial score (nSPS) is 20.2. The number of hydrogen-bond acceptors (Lipinski definition) is 4. The highest BCUT2D eigenvalue weighted by molar-refractivity contribution is 5.85. The van der Waals surface area contributed by atoms with Gasteiger partial charge < -0.3 is 19.9 Å². The van der Waals surface area contributed by atoms with E-state index in [2.05, 4.69) is 22.3 Å². The maximum Gasteiger partial charge on any atom is 0.229 e. The van der Waals surface area contributed by atoms with Crippen molar-refractivity contribution in [1.82, 2.24) is 15.1 Å². The van der Waals surface area contributed by atoms with Crippen LogP contribution in [0, 0.1) is 11.3 Å². The standard InChI is InChI=1S/C30H39N3O3.ClH/c1-36-26-12-10-23(11-13-26)22-33-21-17-30(29(33)35)15-19-32(20-16-30)18-14-27(24-6-3-2-4-7-24)31-28(34)25-8-5-9-25;/h2-4,6-7,10-13,25,27H,5,8-9,14-22H2,1H3,(H,31,34);1H. The number of carbonyl (C=O) groups is 2. The van der Waals surface area contributed by atoms with Gasteiger partial charge in [-0.05, 0) is 74.9 Å². The third-order valence-electron chi connectivity index (χ3n) is 8.68. The molecule has 1 saturated carbocycles. The van der Waals surface area contributed by atoms with Crippen LogP contribution in [-0.4, -0.2) is 54.9 Å². The third kappa shape index (κ3) is 6.29. The summed E-state index contributed by atoms with van der Waals surface area (Å²) in [5, 5.41) is 3.33. The molecule has 2 aromatic rings. The van der Waals surface area contributed by atoms with Crippen molar-refractivity contribution in [1.29, 1.82) is 0 Å². The first-order valence-corrected chi connectivity index (χ1v) is 13.6. The molecule has 1 aliphatic carbocycles. The van der Waals surface area contributed by atoms with Crippen LogP contribution in [0.1, 0.15) is 62.1 Å². The molecule has 1 N–H and O–H groups in total. The molecule has 0 radical (unpaired) electrons. The van der Waals surface area contributed by atoms with E-state index >= 15 is 0 Å². The highest BCUT2D eigenvalue weighted by atomic mass is 35.5. The van der Waals surface area contributed by atoms with Crippen LogP contribution in [0.2, 0.25) is 0 Å². The molecular formula is C30H40ClN3O3. The molecule has 3 aliphatic rings. The summed E-state index contributed by atoms with van der Waals surface area (Å²) in [4.78, 5) is 30.6. The van der Waals surface area contributed by atoms with E-state index in [-0.39, 0.29) is 35.7 Å². The minimum Gasteiger partial charge on any atom is -0.497 e. The summed E-state index contributed by atoms with van der Waals surface area (Å²) in [5.41, 5.74) is 2.13. The lowest BCUT2D eigenvalue weighted by Crippen LogP contribution is -2.45. The average Bonchev–Trinajstić information content (AvgIpc) is 3.17. The van der Waals surface area contributed by atoms with E-state index in [1.54, 1.807) is 7.11 Å². The molecule has 6 nitrogen and oxygen atoms in total. The average molecular weight is 526 g/mol. The predicted molar refractivity (Wildman–Crippen MR) is 148 cm³/mol. The fraction of sp³-hybridized carbons (Fsp3) is 0.533. The van der Waals surface area contributed by atoms with Gasteiger partial charge in [-0.15, -0.1) is 12.4 Å². The van der Waals surface area contributed by atoms with Crippen LogP contribution in [0.5, 0.6) is 5.75 Å². The van der Waals surface area contributed by atoms with Gasteiger partial charge in [0.1, 0.15) is 5.75 Å². The zero-order valence-corrected chi connectivity index (χ0v) is 22.7. The number of carbonyl (C=O) groups excluding carboxylic acids is 2. The topological polar surface area (TPSA) is 61.9 Å². The predicted octanol–water partition coefficient (Wildman–Crippen LogP) is 4.98. The zero-order valence-electron chi connectivity index (χ0n) is 21.9. The maximum absolute atomic E-state index is 13.4. The number of likely N-dealkylation sites (tertiary alicyclic amines) is 2. The van der Waals surface area contributed by atoms with E-state index in [0.29, 0.717) is 12.5 Å². The van der Waals surface area contributed by atoms with Crippen LogP contribution in [0.15, 0.2) is 54.6 Å². The van der Waals surface area contributed by atoms with E-state index in [0.717, 1.165) is 76.0 Å². The fourth-order valence-electron chi connectivity index (χ4n) is 5.94. The fourth-order valence-corrected chi connectivity index (χ4v) is 5.94. The molecular weight excluding hydrogens is 486 g/mol. The minimum atomic E-state index is -0.194. The van der Waals surface area contributed by atoms with Crippen molar-refractivity contribution in [3.05, 3.63) is 65.7 Å². The second-order valence-corrected chi connectivity index (χ2v) is 10.8. The van der Waals surface area contributed by atoms with Crippen molar-refractivity contribution < 1.29 is 14.3 Å². The maximum atomic E-state index is 13.4. The van der Waals surface area contributed by atoms with Gasteiger partial charge in [0.25, 0.3) is 0 Å². The van der Waals surface area contributed by atoms with Crippen LogP contribution in [0.3, 0.4) is 0 Å². The number of benzene rings is 2. The van der Waals surface area contributed by atoms with E-state index in [9.17, 15) is 9.59 Å². The number of rotatable bonds is 9. The summed E-state index contributed by atoms with van der Waals surface area (Å²) >= 11 is 0. The Kier molecular flexibility index (Phi) is 9.14.